The smallest absolute Gasteiger partial charge is 0.371 e. The number of nitro groups is 1. The molecule has 5 rings (SSSR count). The summed E-state index contributed by atoms with van der Waals surface area (Å²) in [6.45, 7) is 8.49. The lowest BCUT2D eigenvalue weighted by Gasteiger charge is -2.27. The maximum absolute atomic E-state index is 13.2. The number of para-hydroxylation sites is 1. The monoisotopic (exact) mass is 1160 g/mol. The zero-order valence-electron chi connectivity index (χ0n) is 43.1. The molecule has 22 nitrogen and oxygen atoms in total. The number of ether oxygens (including phenoxy) is 3. The van der Waals surface area contributed by atoms with Gasteiger partial charge >= 0.3 is 41.5 Å². The van der Waals surface area contributed by atoms with Crippen LogP contribution in [-0.4, -0.2) is 113 Å². The molecule has 1 heterocycles. The molecule has 0 aliphatic heterocycles. The molecule has 4 aromatic carbocycles. The number of carboxylic acids is 5. The minimum absolute atomic E-state index is 0.0191. The van der Waals surface area contributed by atoms with E-state index in [1.807, 2.05) is 30.3 Å². The van der Waals surface area contributed by atoms with Crippen molar-refractivity contribution in [1.29, 1.82) is 0 Å². The Morgan fingerprint density at radius 3 is 1.99 bits per heavy atom. The molecule has 79 heavy (non-hydrogen) atoms. The molecule has 5 aromatic rings. The minimum Gasteiger partial charge on any atom is -0.493 e. The van der Waals surface area contributed by atoms with Gasteiger partial charge in [0, 0.05) is 36.1 Å². The van der Waals surface area contributed by atoms with Gasteiger partial charge in [-0.25, -0.2) is 23.6 Å². The summed E-state index contributed by atoms with van der Waals surface area (Å²) < 4.78 is 29.0. The summed E-state index contributed by atoms with van der Waals surface area (Å²) in [4.78, 5) is 95.6. The average molecular weight is 1160 g/mol. The quantitative estimate of drug-likeness (QED) is 0.00468. The number of thioether (sulfide) groups is 1. The molecule has 0 aliphatic carbocycles. The number of esters is 1. The number of ketones is 1. The maximum Gasteiger partial charge on any atom is 0.371 e. The minimum atomic E-state index is -1.71. The number of primary amides is 1. The largest absolute Gasteiger partial charge is 0.493 e. The summed E-state index contributed by atoms with van der Waals surface area (Å²) in [6, 6.07) is 24.4. The number of rotatable bonds is 22. The van der Waals surface area contributed by atoms with Crippen LogP contribution in [0.25, 0.3) is 6.08 Å². The molecule has 0 saturated heterocycles. The van der Waals surface area contributed by atoms with Crippen molar-refractivity contribution in [3.63, 3.8) is 0 Å². The van der Waals surface area contributed by atoms with E-state index in [4.69, 9.17) is 57.7 Å². The summed E-state index contributed by atoms with van der Waals surface area (Å²) in [7, 11) is 0. The van der Waals surface area contributed by atoms with E-state index in [1.165, 1.54) is 36.4 Å². The fraction of sp³-hybridized carbons (Fsp3) is 0.283. The summed E-state index contributed by atoms with van der Waals surface area (Å²) in [6.07, 6.45) is 3.95. The lowest BCUT2D eigenvalue weighted by atomic mass is 9.92. The molecule has 26 heteroatoms. The number of Topliss-reactive ketones (excluding diaryl/α,β-unsaturated/α-hetero) is 1. The van der Waals surface area contributed by atoms with Crippen molar-refractivity contribution >= 4 is 94.0 Å². The van der Waals surface area contributed by atoms with E-state index in [0.717, 1.165) is 67.0 Å². The summed E-state index contributed by atoms with van der Waals surface area (Å²) in [5.74, 6) is -10.2. The average Bonchev–Trinajstić information content (AvgIpc) is 3.85. The summed E-state index contributed by atoms with van der Waals surface area (Å²) in [5.41, 5.74) is 10.6. The van der Waals surface area contributed by atoms with Gasteiger partial charge in [-0.15, -0.1) is 23.1 Å². The zero-order chi connectivity index (χ0) is 60.0. The van der Waals surface area contributed by atoms with E-state index in [0.29, 0.717) is 33.6 Å². The molecule has 3 atom stereocenters. The predicted molar refractivity (Wildman–Crippen MR) is 290 cm³/mol. The van der Waals surface area contributed by atoms with E-state index < -0.39 is 81.9 Å². The molecule has 1 unspecified atom stereocenters. The first-order chi connectivity index (χ1) is 37.0. The Bertz CT molecular complexity index is 2880. The van der Waals surface area contributed by atoms with Crippen molar-refractivity contribution in [3.05, 3.63) is 151 Å². The van der Waals surface area contributed by atoms with Gasteiger partial charge in [-0.05, 0) is 92.6 Å². The number of nitrogens with zero attached hydrogens (tertiary/aromatic N) is 1. The van der Waals surface area contributed by atoms with Crippen LogP contribution in [0.5, 0.6) is 17.2 Å². The number of aliphatic hydroxyl groups is 1. The Morgan fingerprint density at radius 2 is 1.48 bits per heavy atom. The van der Waals surface area contributed by atoms with Gasteiger partial charge in [0.1, 0.15) is 27.8 Å². The molecule has 0 bridgehead atoms. The number of nitro benzene ring substituents is 1. The van der Waals surface area contributed by atoms with Crippen molar-refractivity contribution in [2.45, 2.75) is 82.9 Å². The molecule has 0 aliphatic rings. The van der Waals surface area contributed by atoms with Crippen LogP contribution in [0, 0.1) is 21.8 Å². The number of aliphatic carboxylic acids is 3. The van der Waals surface area contributed by atoms with Crippen molar-refractivity contribution in [3.8, 4) is 17.2 Å². The zero-order valence-corrected chi connectivity index (χ0v) is 45.5. The normalized spacial score (nSPS) is 11.6. The second-order valence-electron chi connectivity index (χ2n) is 16.9. The van der Waals surface area contributed by atoms with Gasteiger partial charge in [-0.2, -0.15) is 0 Å². The number of carboxylic acid groups (broad SMARTS) is 5. The fourth-order valence-corrected chi connectivity index (χ4v) is 7.59. The number of nitrogens with two attached hydrogens (primary N) is 2. The van der Waals surface area contributed by atoms with Crippen molar-refractivity contribution in [2.24, 2.45) is 17.4 Å². The molecule has 10 N–H and O–H groups in total. The van der Waals surface area contributed by atoms with E-state index in [2.05, 4.69) is 6.92 Å². The number of hydrogen-bond donors (Lipinski definition) is 8. The second kappa shape index (κ2) is 35.2. The molecule has 1 amide bonds. The summed E-state index contributed by atoms with van der Waals surface area (Å²) in [5, 5.41) is 66.1. The number of aromatic carboxylic acids is 2. The Balaban J connectivity index is 0.000000517. The van der Waals surface area contributed by atoms with Crippen molar-refractivity contribution < 1.29 is 92.5 Å². The van der Waals surface area contributed by atoms with Crippen LogP contribution in [0.1, 0.15) is 85.0 Å². The Morgan fingerprint density at radius 1 is 0.861 bits per heavy atom. The van der Waals surface area contributed by atoms with Crippen LogP contribution in [0.3, 0.4) is 0 Å². The lowest BCUT2D eigenvalue weighted by molar-refractivity contribution is -0.385. The van der Waals surface area contributed by atoms with Crippen LogP contribution < -0.4 is 20.9 Å². The van der Waals surface area contributed by atoms with Crippen LogP contribution in [-0.2, 0) is 39.9 Å². The van der Waals surface area contributed by atoms with Crippen molar-refractivity contribution in [2.75, 3.05) is 12.4 Å². The molecule has 0 saturated carbocycles. The van der Waals surface area contributed by atoms with Gasteiger partial charge in [0.05, 0.1) is 34.0 Å². The van der Waals surface area contributed by atoms with Crippen LogP contribution in [0.15, 0.2) is 113 Å². The second-order valence-corrected chi connectivity index (χ2v) is 19.3. The topological polar surface area (TPSA) is 381 Å². The number of thiophene rings is 1. The first kappa shape index (κ1) is 68.8. The number of carbonyl (C=O) groups is 8. The first-order valence-electron chi connectivity index (χ1n) is 23.2. The molecule has 0 spiro atoms. The first-order valence-corrected chi connectivity index (χ1v) is 25.4. The number of hydrogen-bond acceptors (Lipinski definition) is 17. The van der Waals surface area contributed by atoms with Gasteiger partial charge in [0.2, 0.25) is 17.4 Å². The van der Waals surface area contributed by atoms with Crippen LogP contribution in [0.4, 0.5) is 10.1 Å². The third kappa shape index (κ3) is 27.6. The van der Waals surface area contributed by atoms with Crippen LogP contribution in [0.2, 0.25) is 5.02 Å². The highest BCUT2D eigenvalue weighted by atomic mass is 35.5. The highest BCUT2D eigenvalue weighted by molar-refractivity contribution is 8.00. The number of carbonyl (C=O) groups excluding carboxylic acids is 3. The molecular formula is C53H59ClFN3O19S2. The third-order valence-electron chi connectivity index (χ3n) is 9.36. The van der Waals surface area contributed by atoms with E-state index in [9.17, 15) is 63.1 Å². The standard InChI is InChI=1S/C16H23NO5.C15H10ClNO5.C12H15FO3.C7H7NO3S2.C3H4O3/c1-16(2,3)22-15(21)12(14(19)20)13(18)11(17)9-10-7-5-4-6-8-10;16-11-3-1-2-4-13(11)22-14-7-5-10(6-8-15(18)19)9-12(14)17(20)21;1-2-3-4-7-16-9-5-6-10(12(14)15)11(13)8-9;8-5(9)3-13-4-1-2-12-6(4)7(10)11;1-2(4)3(5)6/h4-8,11-13,18H,9,17H2,1-3H3,(H,19,20);1-9H,(H,18,19);5-6,8H,2-4,7H2,1H3,(H,14,15);1-2H,3H2,(H2,8,9)(H,10,11);1H3,(H,5,6)/t11-,12?,13+;;;;/m0..../s1. The summed E-state index contributed by atoms with van der Waals surface area (Å²) >= 11 is 8.23. The van der Waals surface area contributed by atoms with Gasteiger partial charge in [-0.3, -0.25) is 29.3 Å². The number of halogens is 2. The van der Waals surface area contributed by atoms with Gasteiger partial charge in [0.25, 0.3) is 0 Å². The third-order valence-corrected chi connectivity index (χ3v) is 11.8. The number of benzene rings is 4. The molecule has 426 valence electrons. The van der Waals surface area contributed by atoms with E-state index in [1.54, 1.807) is 56.5 Å². The SMILES string of the molecule is CC(=O)C(=O)O.CC(C)(C)OC(=O)C(C(=O)O)[C@H](O)[C@@H](N)Cc1ccccc1.CCCCCOc1ccc(C(=O)O)c(F)c1.NC(=O)CSc1ccsc1C(=O)O.O=C(O)C=Cc1ccc(Oc2ccccc2Cl)c([N+](=O)[O-])c1. The Hall–Kier alpha value is -8.23. The van der Waals surface area contributed by atoms with Crippen molar-refractivity contribution in [1.82, 2.24) is 0 Å². The Kier molecular flexibility index (Phi) is 30.7. The van der Waals surface area contributed by atoms with Gasteiger partial charge in [-0.1, -0.05) is 79.9 Å². The number of amides is 1. The van der Waals surface area contributed by atoms with Gasteiger partial charge < -0.3 is 56.3 Å². The highest BCUT2D eigenvalue weighted by Crippen LogP contribution is 2.35. The molecule has 0 radical (unpaired) electrons. The van der Waals surface area contributed by atoms with E-state index >= 15 is 0 Å². The molecule has 0 fully saturated rings. The Labute approximate surface area is 465 Å². The fourth-order valence-electron chi connectivity index (χ4n) is 5.70. The van der Waals surface area contributed by atoms with E-state index in [-0.39, 0.29) is 34.1 Å². The lowest BCUT2D eigenvalue weighted by Crippen LogP contribution is -2.49. The predicted octanol–water partition coefficient (Wildman–Crippen LogP) is 8.87. The highest BCUT2D eigenvalue weighted by Gasteiger charge is 2.40. The van der Waals surface area contributed by atoms with Crippen LogP contribution >= 0.6 is 34.7 Å². The van der Waals surface area contributed by atoms with Gasteiger partial charge in [0.15, 0.2) is 5.92 Å². The maximum atomic E-state index is 13.2. The molecular weight excluding hydrogens is 1100 g/mol. The number of aliphatic hydroxyl groups excluding tert-OH is 1. The molecule has 1 aromatic heterocycles. The number of unbranched alkanes of at least 4 members (excludes halogenated alkanes) is 2.